The highest BCUT2D eigenvalue weighted by Crippen LogP contribution is 2.30. The third-order valence-corrected chi connectivity index (χ3v) is 12.9. The first-order valence-corrected chi connectivity index (χ1v) is 22.6. The Morgan fingerprint density at radius 3 is 1.10 bits per heavy atom. The molecule has 0 bridgehead atoms. The maximum atomic E-state index is 14.2. The second-order valence-electron chi connectivity index (χ2n) is 11.7. The summed E-state index contributed by atoms with van der Waals surface area (Å²) in [5, 5.41) is 93.8. The zero-order chi connectivity index (χ0) is 44.2. The van der Waals surface area contributed by atoms with E-state index < -0.39 is 105 Å². The average Bonchev–Trinajstić information content (AvgIpc) is 3.16. The number of nitrogens with one attached hydrogen (secondary N) is 4. The van der Waals surface area contributed by atoms with Crippen molar-refractivity contribution in [2.75, 3.05) is 52.6 Å². The minimum absolute atomic E-state index is 0.0291. The van der Waals surface area contributed by atoms with E-state index in [4.69, 9.17) is 10.2 Å². The fourth-order valence-electron chi connectivity index (χ4n) is 4.40. The third kappa shape index (κ3) is 14.7. The van der Waals surface area contributed by atoms with E-state index in [1.54, 1.807) is 90.4 Å². The first-order valence-electron chi connectivity index (χ1n) is 16.1. The van der Waals surface area contributed by atoms with Gasteiger partial charge in [-0.05, 0) is 148 Å². The van der Waals surface area contributed by atoms with Crippen LogP contribution in [0.25, 0.3) is 0 Å². The summed E-state index contributed by atoms with van der Waals surface area (Å²) in [7, 11) is 0. The van der Waals surface area contributed by atoms with E-state index in [0.717, 1.165) is 0 Å². The summed E-state index contributed by atoms with van der Waals surface area (Å²) in [4.78, 5) is 80.3. The Morgan fingerprint density at radius 1 is 0.500 bits per heavy atom. The van der Waals surface area contributed by atoms with Crippen molar-refractivity contribution in [3.63, 3.8) is 0 Å². The molecule has 4 unspecified atom stereocenters. The molecule has 58 heavy (non-hydrogen) atoms. The molecule has 6 amide bonds. The maximum Gasteiger partial charge on any atom is 0.274 e. The summed E-state index contributed by atoms with van der Waals surface area (Å²) >= 11 is 10.6. The predicted molar refractivity (Wildman–Crippen MR) is 251 cm³/mol. The second-order valence-corrected chi connectivity index (χ2v) is 18.5. The first-order chi connectivity index (χ1) is 27.1. The zero-order valence-electron chi connectivity index (χ0n) is 29.3. The summed E-state index contributed by atoms with van der Waals surface area (Å²) in [6, 6.07) is 2.89. The topological polar surface area (TPSA) is 339 Å². The number of nitrogens with zero attached hydrogens (tertiary/aromatic N) is 2. The quantitative estimate of drug-likeness (QED) is 0.0530. The molecular weight excluding hydrogens is 1460 g/mol. The van der Waals surface area contributed by atoms with E-state index in [9.17, 15) is 64.5 Å². The lowest BCUT2D eigenvalue weighted by molar-refractivity contribution is -0.136. The molecule has 0 saturated heterocycles. The normalized spacial score (nSPS) is 13.7. The lowest BCUT2D eigenvalue weighted by Crippen LogP contribution is -2.57. The van der Waals surface area contributed by atoms with Gasteiger partial charge in [0.25, 0.3) is 35.4 Å². The standard InChI is InChI=1S/C31H36I6N6O15/c32-14-1-16(34)22(24(36)20(14)28(55)38-3-11(48)7-44)30(57)42(40-26(53)18(51)9-46)5-13(50)6-43(41-27(54)19(52)10-47)31(58)23-17(35)2-15(33)21(25(23)37)29(56)39-4-12(49)8-45/h1-2,11-13,18-19,44-52H,3-10H2,(H,38,55)(H,39,56)(H,40,53)(H,41,54). The lowest BCUT2D eigenvalue weighted by atomic mass is 10.1. The number of aliphatic hydroxyl groups excluding tert-OH is 9. The van der Waals surface area contributed by atoms with Gasteiger partial charge in [0, 0.05) is 34.5 Å². The number of rotatable bonds is 18. The molecule has 0 aliphatic carbocycles. The summed E-state index contributed by atoms with van der Waals surface area (Å²) in [6.07, 6.45) is -8.57. The molecule has 0 saturated carbocycles. The van der Waals surface area contributed by atoms with E-state index in [1.165, 1.54) is 12.1 Å². The number of carbonyl (C=O) groups is 6. The Hall–Kier alpha value is -0.720. The van der Waals surface area contributed by atoms with Crippen molar-refractivity contribution in [2.24, 2.45) is 0 Å². The molecular formula is C31H36I6N6O15. The van der Waals surface area contributed by atoms with Crippen molar-refractivity contribution in [3.05, 3.63) is 55.8 Å². The molecule has 0 aromatic heterocycles. The van der Waals surface area contributed by atoms with Gasteiger partial charge in [-0.2, -0.15) is 0 Å². The zero-order valence-corrected chi connectivity index (χ0v) is 42.3. The minimum Gasteiger partial charge on any atom is -0.394 e. The van der Waals surface area contributed by atoms with E-state index in [1.807, 2.05) is 45.2 Å². The van der Waals surface area contributed by atoms with Crippen LogP contribution in [0, 0.1) is 21.4 Å². The Morgan fingerprint density at radius 2 is 0.810 bits per heavy atom. The highest BCUT2D eigenvalue weighted by Gasteiger charge is 2.34. The van der Waals surface area contributed by atoms with Gasteiger partial charge in [-0.1, -0.05) is 0 Å². The van der Waals surface area contributed by atoms with E-state index in [-0.39, 0.29) is 49.6 Å². The predicted octanol–water partition coefficient (Wildman–Crippen LogP) is -2.81. The highest BCUT2D eigenvalue weighted by atomic mass is 127. The second kappa shape index (κ2) is 25.4. The van der Waals surface area contributed by atoms with Crippen molar-refractivity contribution in [1.82, 2.24) is 31.5 Å². The number of aliphatic hydroxyl groups is 9. The van der Waals surface area contributed by atoms with Crippen LogP contribution in [0.2, 0.25) is 0 Å². The van der Waals surface area contributed by atoms with E-state index in [2.05, 4.69) is 21.5 Å². The van der Waals surface area contributed by atoms with Gasteiger partial charge in [0.05, 0.1) is 80.1 Å². The van der Waals surface area contributed by atoms with Crippen LogP contribution < -0.4 is 21.5 Å². The molecule has 13 N–H and O–H groups in total. The van der Waals surface area contributed by atoms with Gasteiger partial charge in [0.2, 0.25) is 0 Å². The van der Waals surface area contributed by atoms with Crippen LogP contribution in [0.15, 0.2) is 12.1 Å². The van der Waals surface area contributed by atoms with Gasteiger partial charge < -0.3 is 56.6 Å². The number of halogens is 6. The molecule has 4 atom stereocenters. The van der Waals surface area contributed by atoms with Gasteiger partial charge in [0.15, 0.2) is 12.2 Å². The smallest absolute Gasteiger partial charge is 0.274 e. The van der Waals surface area contributed by atoms with Crippen molar-refractivity contribution >= 4 is 171 Å². The average molecular weight is 1490 g/mol. The van der Waals surface area contributed by atoms with Crippen LogP contribution >= 0.6 is 136 Å². The molecule has 0 radical (unpaired) electrons. The number of hydrogen-bond acceptors (Lipinski definition) is 15. The monoisotopic (exact) mass is 1490 g/mol. The van der Waals surface area contributed by atoms with Gasteiger partial charge in [-0.25, -0.2) is 10.0 Å². The Bertz CT molecular complexity index is 1730. The van der Waals surface area contributed by atoms with E-state index in [0.29, 0.717) is 17.2 Å². The molecule has 21 nitrogen and oxygen atoms in total. The van der Waals surface area contributed by atoms with Crippen LogP contribution in [0.4, 0.5) is 0 Å². The van der Waals surface area contributed by atoms with Gasteiger partial charge >= 0.3 is 0 Å². The van der Waals surface area contributed by atoms with Gasteiger partial charge in [-0.3, -0.25) is 39.6 Å². The molecule has 0 heterocycles. The first kappa shape index (κ1) is 53.4. The number of benzene rings is 2. The molecule has 2 rings (SSSR count). The fraction of sp³-hybridized carbons (Fsp3) is 0.419. The third-order valence-electron chi connectivity index (χ3n) is 7.36. The highest BCUT2D eigenvalue weighted by molar-refractivity contribution is 14.1. The molecule has 0 fully saturated rings. The Kier molecular flexibility index (Phi) is 23.4. The summed E-state index contributed by atoms with van der Waals surface area (Å²) in [5.74, 6) is -6.21. The van der Waals surface area contributed by atoms with Crippen molar-refractivity contribution < 1.29 is 74.7 Å². The number of hydrazine groups is 2. The molecule has 2 aromatic rings. The van der Waals surface area contributed by atoms with Crippen molar-refractivity contribution in [2.45, 2.75) is 30.5 Å². The fourth-order valence-corrected chi connectivity index (χ4v) is 13.0. The summed E-state index contributed by atoms with van der Waals surface area (Å²) < 4.78 is 1.31. The van der Waals surface area contributed by atoms with Crippen molar-refractivity contribution in [1.29, 1.82) is 0 Å². The number of hydrogen-bond donors (Lipinski definition) is 13. The molecule has 0 aliphatic rings. The summed E-state index contributed by atoms with van der Waals surface area (Å²) in [5.41, 5.74) is 3.75. The number of carbonyl (C=O) groups excluding carboxylic acids is 6. The van der Waals surface area contributed by atoms with Gasteiger partial charge in [0.1, 0.15) is 0 Å². The maximum absolute atomic E-state index is 14.2. The molecule has 0 aliphatic heterocycles. The van der Waals surface area contributed by atoms with E-state index >= 15 is 0 Å². The van der Waals surface area contributed by atoms with Crippen LogP contribution in [0.1, 0.15) is 41.4 Å². The molecule has 27 heteroatoms. The van der Waals surface area contributed by atoms with Gasteiger partial charge in [-0.15, -0.1) is 0 Å². The Labute approximate surface area is 411 Å². The van der Waals surface area contributed by atoms with Crippen LogP contribution in [0.5, 0.6) is 0 Å². The van der Waals surface area contributed by atoms with Crippen LogP contribution in [-0.2, 0) is 9.59 Å². The van der Waals surface area contributed by atoms with Crippen LogP contribution in [0.3, 0.4) is 0 Å². The van der Waals surface area contributed by atoms with Crippen LogP contribution in [-0.4, -0.2) is 175 Å². The molecule has 0 spiro atoms. The largest absolute Gasteiger partial charge is 0.394 e. The van der Waals surface area contributed by atoms with Crippen molar-refractivity contribution in [3.8, 4) is 0 Å². The SMILES string of the molecule is O=C(NCC(O)CO)c1c(I)cc(I)c(C(=O)N(CC(O)CN(NC(=O)C(O)CO)C(=O)c2c(I)cc(I)c(C(=O)NCC(O)CO)c2I)NC(=O)C(O)CO)c1I. The minimum atomic E-state index is -2.05. The lowest BCUT2D eigenvalue weighted by Gasteiger charge is -2.31. The number of amides is 6. The molecule has 2 aromatic carbocycles. The Balaban J connectivity index is 2.64. The summed E-state index contributed by atoms with van der Waals surface area (Å²) in [6.45, 7) is -5.90. The molecule has 322 valence electrons.